The van der Waals surface area contributed by atoms with Gasteiger partial charge < -0.3 is 20.1 Å². The molecule has 0 unspecified atom stereocenters. The van der Waals surface area contributed by atoms with Crippen LogP contribution in [0.4, 0.5) is 0 Å². The van der Waals surface area contributed by atoms with Crippen molar-refractivity contribution in [1.82, 2.24) is 0 Å². The summed E-state index contributed by atoms with van der Waals surface area (Å²) in [6.07, 6.45) is 7.79. The normalized spacial score (nSPS) is 58.5. The number of ether oxygens (including phenoxy) is 1. The van der Waals surface area contributed by atoms with Gasteiger partial charge in [0.15, 0.2) is 0 Å². The second-order valence-corrected chi connectivity index (χ2v) is 15.5. The molecule has 4 aliphatic carbocycles. The third kappa shape index (κ3) is 3.16. The predicted molar refractivity (Wildman–Crippen MR) is 135 cm³/mol. The summed E-state index contributed by atoms with van der Waals surface area (Å²) in [5, 5.41) is 34.6. The topological polar surface area (TPSA) is 69.9 Å². The zero-order valence-corrected chi connectivity index (χ0v) is 23.2. The van der Waals surface area contributed by atoms with Gasteiger partial charge in [0.1, 0.15) is 0 Å². The molecule has 5 aliphatic rings. The maximum absolute atomic E-state index is 11.9. The van der Waals surface area contributed by atoms with Crippen molar-refractivity contribution in [1.29, 1.82) is 0 Å². The van der Waals surface area contributed by atoms with E-state index in [0.29, 0.717) is 11.8 Å². The molecule has 34 heavy (non-hydrogen) atoms. The van der Waals surface area contributed by atoms with E-state index in [1.165, 1.54) is 6.42 Å². The van der Waals surface area contributed by atoms with E-state index in [-0.39, 0.29) is 56.9 Å². The van der Waals surface area contributed by atoms with Gasteiger partial charge in [-0.05, 0) is 124 Å². The maximum atomic E-state index is 11.9. The molecule has 5 fully saturated rings. The Hall–Kier alpha value is -0.160. The van der Waals surface area contributed by atoms with Gasteiger partial charge in [-0.15, -0.1) is 0 Å². The maximum Gasteiger partial charge on any atom is 0.0693 e. The molecule has 1 saturated heterocycles. The van der Waals surface area contributed by atoms with Crippen LogP contribution in [-0.2, 0) is 4.74 Å². The summed E-state index contributed by atoms with van der Waals surface area (Å²) >= 11 is 0. The highest BCUT2D eigenvalue weighted by Crippen LogP contribution is 2.76. The van der Waals surface area contributed by atoms with Gasteiger partial charge in [-0.3, -0.25) is 0 Å². The molecule has 11 atom stereocenters. The van der Waals surface area contributed by atoms with Crippen molar-refractivity contribution in [2.75, 3.05) is 0 Å². The van der Waals surface area contributed by atoms with Crippen molar-refractivity contribution in [2.45, 2.75) is 143 Å². The molecule has 1 aliphatic heterocycles. The molecule has 4 heteroatoms. The summed E-state index contributed by atoms with van der Waals surface area (Å²) in [5.74, 6) is 0.984. The second kappa shape index (κ2) is 7.45. The van der Waals surface area contributed by atoms with E-state index in [4.69, 9.17) is 4.74 Å². The van der Waals surface area contributed by atoms with Crippen LogP contribution < -0.4 is 0 Å². The smallest absolute Gasteiger partial charge is 0.0693 e. The number of fused-ring (bicyclic) bond motifs is 5. The Kier molecular flexibility index (Phi) is 5.59. The fraction of sp³-hybridized carbons (Fsp3) is 1.00. The van der Waals surface area contributed by atoms with Crippen molar-refractivity contribution < 1.29 is 20.1 Å². The van der Waals surface area contributed by atoms with Crippen molar-refractivity contribution in [2.24, 2.45) is 45.3 Å². The van der Waals surface area contributed by atoms with E-state index in [0.717, 1.165) is 51.4 Å². The van der Waals surface area contributed by atoms with Crippen LogP contribution in [0.1, 0.15) is 113 Å². The minimum Gasteiger partial charge on any atom is -0.393 e. The molecule has 0 aromatic heterocycles. The highest BCUT2D eigenvalue weighted by Gasteiger charge is 2.73. The van der Waals surface area contributed by atoms with E-state index in [2.05, 4.69) is 55.4 Å². The lowest BCUT2D eigenvalue weighted by atomic mass is 9.34. The van der Waals surface area contributed by atoms with Gasteiger partial charge in [0.2, 0.25) is 0 Å². The lowest BCUT2D eigenvalue weighted by Gasteiger charge is -2.71. The van der Waals surface area contributed by atoms with E-state index < -0.39 is 6.10 Å². The average Bonchev–Trinajstić information content (AvgIpc) is 3.07. The van der Waals surface area contributed by atoms with Crippen LogP contribution in [0.25, 0.3) is 0 Å². The van der Waals surface area contributed by atoms with Gasteiger partial charge in [0.05, 0.1) is 29.5 Å². The molecule has 3 N–H and O–H groups in total. The highest BCUT2D eigenvalue weighted by atomic mass is 16.5. The second-order valence-electron chi connectivity index (χ2n) is 15.5. The Bertz CT molecular complexity index is 823. The number of hydrogen-bond donors (Lipinski definition) is 3. The SMILES string of the molecule is CC1(C)CCC[C@@](C)([C@@H]2CC[C@@]3(C)[C@H]2[C@@H](O)C[C@H]2[C@]4(C)CC[C@@H](O)C(C)(C)[C@H]4[C@@H](O)C[C@@]23C)O1. The van der Waals surface area contributed by atoms with Gasteiger partial charge in [-0.25, -0.2) is 0 Å². The molecule has 1 heterocycles. The summed E-state index contributed by atoms with van der Waals surface area (Å²) in [5.41, 5.74) is -0.739. The standard InChI is InChI=1S/C30H52O4/c1-25(2)12-9-13-30(8,34-25)18-10-15-28(6)23(18)19(31)16-21-27(5)14-11-22(33)26(3,4)24(27)20(32)17-29(21,28)7/h18-24,31-33H,9-17H2,1-8H3/t18-,19+,20+,21+,22-,23-,24-,27+,28+,29+,30+/m1/s1. The summed E-state index contributed by atoms with van der Waals surface area (Å²) in [7, 11) is 0. The molecule has 0 radical (unpaired) electrons. The highest BCUT2D eigenvalue weighted by molar-refractivity contribution is 5.21. The quantitative estimate of drug-likeness (QED) is 0.453. The van der Waals surface area contributed by atoms with Crippen molar-refractivity contribution in [3.63, 3.8) is 0 Å². The Labute approximate surface area is 208 Å². The number of hydrogen-bond acceptors (Lipinski definition) is 4. The monoisotopic (exact) mass is 476 g/mol. The zero-order valence-electron chi connectivity index (χ0n) is 23.2. The molecule has 0 bridgehead atoms. The van der Waals surface area contributed by atoms with Crippen LogP contribution in [0.5, 0.6) is 0 Å². The van der Waals surface area contributed by atoms with Gasteiger partial charge in [-0.2, -0.15) is 0 Å². The zero-order chi connectivity index (χ0) is 25.1. The third-order valence-electron chi connectivity index (χ3n) is 13.0. The summed E-state index contributed by atoms with van der Waals surface area (Å²) in [6, 6.07) is 0. The molecular weight excluding hydrogens is 424 g/mol. The number of aliphatic hydroxyl groups is 3. The van der Waals surface area contributed by atoms with E-state index >= 15 is 0 Å². The predicted octanol–water partition coefficient (Wildman–Crippen LogP) is 5.71. The third-order valence-corrected chi connectivity index (χ3v) is 13.0. The molecule has 0 spiro atoms. The molecule has 0 aromatic rings. The summed E-state index contributed by atoms with van der Waals surface area (Å²) < 4.78 is 6.83. The van der Waals surface area contributed by atoms with E-state index in [9.17, 15) is 15.3 Å². The Morgan fingerprint density at radius 3 is 2.06 bits per heavy atom. The average molecular weight is 477 g/mol. The molecule has 5 rings (SSSR count). The van der Waals surface area contributed by atoms with E-state index in [1.807, 2.05) is 0 Å². The Balaban J connectivity index is 1.54. The Morgan fingerprint density at radius 1 is 0.735 bits per heavy atom. The van der Waals surface area contributed by atoms with Crippen LogP contribution in [-0.4, -0.2) is 44.8 Å². The van der Waals surface area contributed by atoms with Crippen molar-refractivity contribution in [3.8, 4) is 0 Å². The van der Waals surface area contributed by atoms with Crippen molar-refractivity contribution >= 4 is 0 Å². The van der Waals surface area contributed by atoms with Gasteiger partial charge >= 0.3 is 0 Å². The van der Waals surface area contributed by atoms with Gasteiger partial charge in [0, 0.05) is 0 Å². The molecular formula is C30H52O4. The first-order valence-electron chi connectivity index (χ1n) is 14.3. The van der Waals surface area contributed by atoms with Crippen LogP contribution >= 0.6 is 0 Å². The fourth-order valence-electron chi connectivity index (χ4n) is 11.5. The molecule has 4 nitrogen and oxygen atoms in total. The van der Waals surface area contributed by atoms with Crippen LogP contribution in [0, 0.1) is 45.3 Å². The molecule has 0 amide bonds. The summed E-state index contributed by atoms with van der Waals surface area (Å²) in [4.78, 5) is 0. The number of aliphatic hydroxyl groups excluding tert-OH is 3. The molecule has 4 saturated carbocycles. The minimum atomic E-state index is -0.414. The van der Waals surface area contributed by atoms with Crippen molar-refractivity contribution in [3.05, 3.63) is 0 Å². The van der Waals surface area contributed by atoms with E-state index in [1.54, 1.807) is 0 Å². The Morgan fingerprint density at radius 2 is 1.41 bits per heavy atom. The largest absolute Gasteiger partial charge is 0.393 e. The molecule has 0 aromatic carbocycles. The first-order valence-corrected chi connectivity index (χ1v) is 14.3. The number of rotatable bonds is 1. The lowest BCUT2D eigenvalue weighted by molar-refractivity contribution is -0.279. The van der Waals surface area contributed by atoms with Crippen LogP contribution in [0.3, 0.4) is 0 Å². The first-order chi connectivity index (χ1) is 15.5. The van der Waals surface area contributed by atoms with Gasteiger partial charge in [0.25, 0.3) is 0 Å². The van der Waals surface area contributed by atoms with Crippen LogP contribution in [0.15, 0.2) is 0 Å². The van der Waals surface area contributed by atoms with Crippen LogP contribution in [0.2, 0.25) is 0 Å². The minimum absolute atomic E-state index is 0.0247. The first kappa shape index (κ1) is 25.5. The summed E-state index contributed by atoms with van der Waals surface area (Å²) in [6.45, 7) is 18.4. The molecule has 196 valence electrons. The lowest BCUT2D eigenvalue weighted by Crippen LogP contribution is -2.70. The van der Waals surface area contributed by atoms with Gasteiger partial charge in [-0.1, -0.05) is 34.6 Å². The fourth-order valence-corrected chi connectivity index (χ4v) is 11.5.